The van der Waals surface area contributed by atoms with E-state index in [1.54, 1.807) is 13.0 Å². The van der Waals surface area contributed by atoms with Gasteiger partial charge >= 0.3 is 5.97 Å². The summed E-state index contributed by atoms with van der Waals surface area (Å²) in [6.07, 6.45) is 4.83. The molecule has 0 bridgehead atoms. The summed E-state index contributed by atoms with van der Waals surface area (Å²) in [5, 5.41) is 22.5. The fourth-order valence-corrected chi connectivity index (χ4v) is 2.99. The van der Waals surface area contributed by atoms with Crippen molar-refractivity contribution in [3.8, 4) is 11.5 Å². The number of amides is 1. The van der Waals surface area contributed by atoms with Gasteiger partial charge in [0.15, 0.2) is 11.5 Å². The van der Waals surface area contributed by atoms with Crippen molar-refractivity contribution in [2.75, 3.05) is 6.61 Å². The number of nitrogens with one attached hydrogen (secondary N) is 2. The van der Waals surface area contributed by atoms with E-state index >= 15 is 0 Å². The number of hydrogen-bond donors (Lipinski definition) is 4. The van der Waals surface area contributed by atoms with Gasteiger partial charge in [-0.05, 0) is 42.3 Å². The monoisotopic (exact) mass is 394 g/mol. The summed E-state index contributed by atoms with van der Waals surface area (Å²) in [7, 11) is 0. The van der Waals surface area contributed by atoms with Crippen LogP contribution in [0.1, 0.15) is 18.1 Å². The van der Waals surface area contributed by atoms with Gasteiger partial charge in [-0.15, -0.1) is 0 Å². The molecule has 1 atom stereocenters. The van der Waals surface area contributed by atoms with Crippen LogP contribution in [-0.4, -0.2) is 39.7 Å². The highest BCUT2D eigenvalue weighted by atomic mass is 16.5. The van der Waals surface area contributed by atoms with Crippen LogP contribution in [0.2, 0.25) is 0 Å². The number of esters is 1. The van der Waals surface area contributed by atoms with E-state index in [9.17, 15) is 19.8 Å². The molecular formula is C22H22N2O5. The predicted octanol–water partition coefficient (Wildman–Crippen LogP) is 2.88. The normalized spacial score (nSPS) is 12.2. The van der Waals surface area contributed by atoms with Gasteiger partial charge in [0.2, 0.25) is 5.91 Å². The maximum Gasteiger partial charge on any atom is 0.328 e. The average Bonchev–Trinajstić information content (AvgIpc) is 3.11. The number of H-pyrrole nitrogens is 1. The minimum Gasteiger partial charge on any atom is -0.504 e. The Balaban J connectivity index is 1.74. The Labute approximate surface area is 167 Å². The Kier molecular flexibility index (Phi) is 6.19. The number of carbonyl (C=O) groups is 2. The number of carbonyl (C=O) groups excluding carboxylic acids is 2. The summed E-state index contributed by atoms with van der Waals surface area (Å²) in [6, 6.07) is 11.1. The van der Waals surface area contributed by atoms with Gasteiger partial charge in [-0.3, -0.25) is 4.79 Å². The number of rotatable bonds is 7. The lowest BCUT2D eigenvalue weighted by molar-refractivity contribution is -0.146. The fourth-order valence-electron chi connectivity index (χ4n) is 2.99. The van der Waals surface area contributed by atoms with E-state index in [0.29, 0.717) is 5.56 Å². The SMILES string of the molecule is CCOC(=O)[C@H](Cc1c[nH]c2ccccc12)NC(=O)/C=C/c1ccc(O)c(O)c1. The molecule has 1 aromatic heterocycles. The number of aromatic amines is 1. The zero-order chi connectivity index (χ0) is 20.8. The smallest absolute Gasteiger partial charge is 0.328 e. The van der Waals surface area contributed by atoms with E-state index < -0.39 is 17.9 Å². The minimum atomic E-state index is -0.848. The van der Waals surface area contributed by atoms with Crippen molar-refractivity contribution in [2.24, 2.45) is 0 Å². The molecule has 0 radical (unpaired) electrons. The fraction of sp³-hybridized carbons (Fsp3) is 0.182. The van der Waals surface area contributed by atoms with Crippen molar-refractivity contribution in [1.82, 2.24) is 10.3 Å². The summed E-state index contributed by atoms with van der Waals surface area (Å²) >= 11 is 0. The number of phenols is 2. The van der Waals surface area contributed by atoms with E-state index in [1.807, 2.05) is 30.5 Å². The summed E-state index contributed by atoms with van der Waals surface area (Å²) < 4.78 is 5.11. The van der Waals surface area contributed by atoms with Gasteiger partial charge in [0.25, 0.3) is 0 Å². The second-order valence-electron chi connectivity index (χ2n) is 6.46. The van der Waals surface area contributed by atoms with Crippen LogP contribution in [0.4, 0.5) is 0 Å². The molecule has 0 aliphatic carbocycles. The van der Waals surface area contributed by atoms with Crippen molar-refractivity contribution in [2.45, 2.75) is 19.4 Å². The maximum absolute atomic E-state index is 12.4. The van der Waals surface area contributed by atoms with Gasteiger partial charge in [-0.2, -0.15) is 0 Å². The lowest BCUT2D eigenvalue weighted by atomic mass is 10.0. The summed E-state index contributed by atoms with van der Waals surface area (Å²) in [5.41, 5.74) is 2.37. The third-order valence-electron chi connectivity index (χ3n) is 4.41. The van der Waals surface area contributed by atoms with Crippen LogP contribution in [0.3, 0.4) is 0 Å². The highest BCUT2D eigenvalue weighted by Crippen LogP contribution is 2.25. The van der Waals surface area contributed by atoms with Gasteiger partial charge in [0, 0.05) is 29.6 Å². The lowest BCUT2D eigenvalue weighted by Gasteiger charge is -2.16. The molecular weight excluding hydrogens is 372 g/mol. The molecule has 0 saturated carbocycles. The zero-order valence-corrected chi connectivity index (χ0v) is 15.9. The standard InChI is InChI=1S/C22H22N2O5/c1-2-29-22(28)18(12-15-13-23-17-6-4-3-5-16(15)17)24-21(27)10-8-14-7-9-19(25)20(26)11-14/h3-11,13,18,23,25-26H,2,12H2,1H3,(H,24,27)/b10-8+/t18-/m0/s1. The first kappa shape index (κ1) is 20.0. The first-order valence-electron chi connectivity index (χ1n) is 9.20. The summed E-state index contributed by atoms with van der Waals surface area (Å²) in [4.78, 5) is 27.9. The first-order valence-corrected chi connectivity index (χ1v) is 9.20. The van der Waals surface area contributed by atoms with Crippen molar-refractivity contribution in [1.29, 1.82) is 0 Å². The maximum atomic E-state index is 12.4. The van der Waals surface area contributed by atoms with E-state index in [0.717, 1.165) is 16.5 Å². The molecule has 3 rings (SSSR count). The van der Waals surface area contributed by atoms with Gasteiger partial charge in [0.1, 0.15) is 6.04 Å². The minimum absolute atomic E-state index is 0.210. The van der Waals surface area contributed by atoms with Crippen LogP contribution in [-0.2, 0) is 20.7 Å². The van der Waals surface area contributed by atoms with Crippen molar-refractivity contribution < 1.29 is 24.5 Å². The molecule has 7 nitrogen and oxygen atoms in total. The van der Waals surface area contributed by atoms with Crippen molar-refractivity contribution in [3.05, 3.63) is 65.9 Å². The number of fused-ring (bicyclic) bond motifs is 1. The van der Waals surface area contributed by atoms with Crippen LogP contribution in [0.15, 0.2) is 54.7 Å². The van der Waals surface area contributed by atoms with Crippen molar-refractivity contribution in [3.63, 3.8) is 0 Å². The van der Waals surface area contributed by atoms with E-state index in [1.165, 1.54) is 24.3 Å². The number of hydrogen-bond acceptors (Lipinski definition) is 5. The number of benzene rings is 2. The van der Waals surface area contributed by atoms with Crippen molar-refractivity contribution >= 4 is 28.9 Å². The number of aromatic nitrogens is 1. The molecule has 1 heterocycles. The van der Waals surface area contributed by atoms with Crippen LogP contribution < -0.4 is 5.32 Å². The molecule has 0 fully saturated rings. The Morgan fingerprint density at radius 3 is 2.72 bits per heavy atom. The van der Waals surface area contributed by atoms with Crippen LogP contribution in [0.25, 0.3) is 17.0 Å². The average molecular weight is 394 g/mol. The Bertz CT molecular complexity index is 1050. The van der Waals surface area contributed by atoms with Gasteiger partial charge in [0.05, 0.1) is 6.61 Å². The van der Waals surface area contributed by atoms with E-state index in [-0.39, 0.29) is 24.5 Å². The molecule has 3 aromatic rings. The second-order valence-corrected chi connectivity index (χ2v) is 6.46. The topological polar surface area (TPSA) is 112 Å². The predicted molar refractivity (Wildman–Crippen MR) is 109 cm³/mol. The first-order chi connectivity index (χ1) is 14.0. The Morgan fingerprint density at radius 1 is 1.17 bits per heavy atom. The van der Waals surface area contributed by atoms with Crippen LogP contribution >= 0.6 is 0 Å². The molecule has 0 aliphatic rings. The summed E-state index contributed by atoms with van der Waals surface area (Å²) in [6.45, 7) is 1.92. The third kappa shape index (κ3) is 4.95. The second kappa shape index (κ2) is 8.97. The highest BCUT2D eigenvalue weighted by Gasteiger charge is 2.23. The van der Waals surface area contributed by atoms with Gasteiger partial charge in [-0.25, -0.2) is 4.79 Å². The molecule has 4 N–H and O–H groups in total. The van der Waals surface area contributed by atoms with E-state index in [2.05, 4.69) is 10.3 Å². The molecule has 1 amide bonds. The largest absolute Gasteiger partial charge is 0.504 e. The number of para-hydroxylation sites is 1. The highest BCUT2D eigenvalue weighted by molar-refractivity contribution is 5.95. The molecule has 0 saturated heterocycles. The lowest BCUT2D eigenvalue weighted by Crippen LogP contribution is -2.42. The third-order valence-corrected chi connectivity index (χ3v) is 4.41. The van der Waals surface area contributed by atoms with Crippen LogP contribution in [0, 0.1) is 0 Å². The Hall–Kier alpha value is -3.74. The van der Waals surface area contributed by atoms with E-state index in [4.69, 9.17) is 4.74 Å². The number of phenolic OH excluding ortho intramolecular Hbond substituents is 2. The molecule has 0 spiro atoms. The molecule has 0 unspecified atom stereocenters. The number of aromatic hydroxyl groups is 2. The molecule has 29 heavy (non-hydrogen) atoms. The Morgan fingerprint density at radius 2 is 1.97 bits per heavy atom. The molecule has 150 valence electrons. The zero-order valence-electron chi connectivity index (χ0n) is 15.9. The molecule has 7 heteroatoms. The van der Waals surface area contributed by atoms with Crippen LogP contribution in [0.5, 0.6) is 11.5 Å². The molecule has 2 aromatic carbocycles. The van der Waals surface area contributed by atoms with Gasteiger partial charge < -0.3 is 25.3 Å². The summed E-state index contributed by atoms with van der Waals surface area (Å²) in [5.74, 6) is -1.51. The number of ether oxygens (including phenoxy) is 1. The van der Waals surface area contributed by atoms with Gasteiger partial charge in [-0.1, -0.05) is 24.3 Å². The molecule has 0 aliphatic heterocycles. The quantitative estimate of drug-likeness (QED) is 0.280.